The van der Waals surface area contributed by atoms with Crippen LogP contribution in [0.4, 0.5) is 0 Å². The van der Waals surface area contributed by atoms with E-state index in [-0.39, 0.29) is 11.5 Å². The molecule has 0 unspecified atom stereocenters. The molecule has 1 aromatic heterocycles. The van der Waals surface area contributed by atoms with E-state index in [1.54, 1.807) is 30.7 Å². The number of aromatic nitrogens is 1. The molecule has 1 fully saturated rings. The molecule has 1 saturated carbocycles. The quantitative estimate of drug-likeness (QED) is 0.829. The van der Waals surface area contributed by atoms with E-state index in [2.05, 4.69) is 5.32 Å². The summed E-state index contributed by atoms with van der Waals surface area (Å²) in [6.07, 6.45) is 1.74. The van der Waals surface area contributed by atoms with E-state index in [1.807, 2.05) is 30.3 Å². The van der Waals surface area contributed by atoms with Crippen LogP contribution >= 0.6 is 0 Å². The van der Waals surface area contributed by atoms with Gasteiger partial charge in [-0.2, -0.15) is 0 Å². The smallest absolute Gasteiger partial charge is 0.307 e. The number of carboxylic acids is 1. The minimum atomic E-state index is -0.921. The zero-order valence-corrected chi connectivity index (χ0v) is 14.8. The third kappa shape index (κ3) is 3.54. The highest BCUT2D eigenvalue weighted by atomic mass is 16.4. The molecule has 1 heterocycles. The number of pyridine rings is 1. The average molecular weight is 354 g/mol. The molecule has 0 bridgehead atoms. The second-order valence-electron chi connectivity index (χ2n) is 7.32. The summed E-state index contributed by atoms with van der Waals surface area (Å²) in [6.45, 7) is 4.44. The van der Waals surface area contributed by atoms with Crippen molar-refractivity contribution in [3.63, 3.8) is 0 Å². The van der Waals surface area contributed by atoms with Crippen LogP contribution in [0.5, 0.6) is 0 Å². The predicted molar refractivity (Wildman–Crippen MR) is 96.5 cm³/mol. The molecule has 2 aromatic rings. The van der Waals surface area contributed by atoms with E-state index in [1.165, 1.54) is 6.07 Å². The molecule has 6 nitrogen and oxygen atoms in total. The normalized spacial score (nSPS) is 20.4. The molecule has 3 rings (SSSR count). The maximum atomic E-state index is 12.2. The lowest BCUT2D eigenvalue weighted by atomic mass is 10.1. The van der Waals surface area contributed by atoms with Crippen LogP contribution in [0.1, 0.15) is 25.0 Å². The molecule has 1 amide bonds. The minimum absolute atomic E-state index is 0.0520. The van der Waals surface area contributed by atoms with Gasteiger partial charge >= 0.3 is 5.97 Å². The summed E-state index contributed by atoms with van der Waals surface area (Å²) in [4.78, 5) is 35.2. The summed E-state index contributed by atoms with van der Waals surface area (Å²) < 4.78 is 1.62. The van der Waals surface area contributed by atoms with Crippen molar-refractivity contribution >= 4 is 11.9 Å². The van der Waals surface area contributed by atoms with Gasteiger partial charge in [0.2, 0.25) is 5.91 Å². The van der Waals surface area contributed by atoms with Crippen molar-refractivity contribution in [2.75, 3.05) is 0 Å². The van der Waals surface area contributed by atoms with Gasteiger partial charge in [0.15, 0.2) is 0 Å². The molecule has 1 aliphatic carbocycles. The number of carboxylic acid groups (broad SMARTS) is 1. The Bertz CT molecular complexity index is 883. The van der Waals surface area contributed by atoms with Gasteiger partial charge in [-0.05, 0) is 22.6 Å². The standard InChI is InChI=1S/C20H22N2O4/c1-20(2)16(17(20)19(25)26)18(24)21-11-13-6-8-14(9-7-13)12-22-10-4-3-5-15(22)23/h3-10,16-17H,11-12H2,1-2H3,(H,21,24)(H,25,26)/t16-,17+/m1/s1. The Labute approximate surface area is 151 Å². The Morgan fingerprint density at radius 1 is 1.08 bits per heavy atom. The van der Waals surface area contributed by atoms with Gasteiger partial charge in [-0.3, -0.25) is 14.4 Å². The lowest BCUT2D eigenvalue weighted by Gasteiger charge is -2.08. The number of nitrogens with one attached hydrogen (secondary N) is 1. The van der Waals surface area contributed by atoms with Gasteiger partial charge < -0.3 is 15.0 Å². The number of benzene rings is 1. The molecule has 0 spiro atoms. The number of rotatable bonds is 6. The minimum Gasteiger partial charge on any atom is -0.481 e. The maximum Gasteiger partial charge on any atom is 0.307 e. The first-order chi connectivity index (χ1) is 12.3. The summed E-state index contributed by atoms with van der Waals surface area (Å²) >= 11 is 0. The zero-order chi connectivity index (χ0) is 18.9. The average Bonchev–Trinajstić information content (AvgIpc) is 3.19. The number of hydrogen-bond donors (Lipinski definition) is 2. The van der Waals surface area contributed by atoms with Crippen molar-refractivity contribution in [1.29, 1.82) is 0 Å². The van der Waals surface area contributed by atoms with Crippen molar-refractivity contribution in [1.82, 2.24) is 9.88 Å². The van der Waals surface area contributed by atoms with E-state index in [0.29, 0.717) is 13.1 Å². The van der Waals surface area contributed by atoms with Gasteiger partial charge in [0.1, 0.15) is 0 Å². The van der Waals surface area contributed by atoms with Crippen molar-refractivity contribution in [2.45, 2.75) is 26.9 Å². The number of aliphatic carboxylic acids is 1. The van der Waals surface area contributed by atoms with Gasteiger partial charge in [-0.25, -0.2) is 0 Å². The highest BCUT2D eigenvalue weighted by Crippen LogP contribution is 2.58. The second-order valence-corrected chi connectivity index (χ2v) is 7.32. The third-order valence-electron chi connectivity index (χ3n) is 5.12. The van der Waals surface area contributed by atoms with Gasteiger partial charge in [-0.15, -0.1) is 0 Å². The van der Waals surface area contributed by atoms with Crippen molar-refractivity contribution in [3.8, 4) is 0 Å². The molecule has 6 heteroatoms. The van der Waals surface area contributed by atoms with Crippen LogP contribution in [-0.4, -0.2) is 21.6 Å². The molecule has 0 saturated heterocycles. The second kappa shape index (κ2) is 6.78. The number of hydrogen-bond acceptors (Lipinski definition) is 3. The Balaban J connectivity index is 1.57. The molecule has 1 aromatic carbocycles. The molecule has 136 valence electrons. The molecular formula is C20H22N2O4. The Morgan fingerprint density at radius 2 is 1.73 bits per heavy atom. The van der Waals surface area contributed by atoms with Crippen LogP contribution in [0, 0.1) is 17.3 Å². The van der Waals surface area contributed by atoms with Crippen LogP contribution in [0.2, 0.25) is 0 Å². The lowest BCUT2D eigenvalue weighted by molar-refractivity contribution is -0.140. The summed E-state index contributed by atoms with van der Waals surface area (Å²) in [5, 5.41) is 12.0. The maximum absolute atomic E-state index is 12.2. The summed E-state index contributed by atoms with van der Waals surface area (Å²) in [7, 11) is 0. The fourth-order valence-electron chi connectivity index (χ4n) is 3.44. The van der Waals surface area contributed by atoms with Crippen molar-refractivity contribution in [2.24, 2.45) is 17.3 Å². The van der Waals surface area contributed by atoms with Gasteiger partial charge in [0.05, 0.1) is 18.4 Å². The SMILES string of the molecule is CC1(C)[C@H](C(=O)O)[C@@H]1C(=O)NCc1ccc(Cn2ccccc2=O)cc1. The number of nitrogens with zero attached hydrogens (tertiary/aromatic N) is 1. The Morgan fingerprint density at radius 3 is 2.31 bits per heavy atom. The number of carbonyl (C=O) groups is 2. The van der Waals surface area contributed by atoms with Crippen molar-refractivity contribution in [3.05, 3.63) is 70.1 Å². The Hall–Kier alpha value is -2.89. The molecule has 2 N–H and O–H groups in total. The fraction of sp³-hybridized carbons (Fsp3) is 0.350. The van der Waals surface area contributed by atoms with Crippen LogP contribution in [-0.2, 0) is 22.7 Å². The van der Waals surface area contributed by atoms with Crippen LogP contribution in [0.25, 0.3) is 0 Å². The monoisotopic (exact) mass is 354 g/mol. The summed E-state index contributed by atoms with van der Waals surface area (Å²) in [5.74, 6) is -2.24. The summed E-state index contributed by atoms with van der Waals surface area (Å²) in [6, 6.07) is 12.7. The summed E-state index contributed by atoms with van der Waals surface area (Å²) in [5.41, 5.74) is 1.36. The van der Waals surface area contributed by atoms with E-state index in [9.17, 15) is 14.4 Å². The number of carbonyl (C=O) groups excluding carboxylic acids is 1. The predicted octanol–water partition coefficient (Wildman–Crippen LogP) is 1.87. The first-order valence-electron chi connectivity index (χ1n) is 8.54. The highest BCUT2D eigenvalue weighted by molar-refractivity contribution is 5.91. The van der Waals surface area contributed by atoms with E-state index >= 15 is 0 Å². The fourth-order valence-corrected chi connectivity index (χ4v) is 3.44. The van der Waals surface area contributed by atoms with Crippen LogP contribution in [0.15, 0.2) is 53.5 Å². The van der Waals surface area contributed by atoms with Gasteiger partial charge in [0.25, 0.3) is 5.56 Å². The third-order valence-corrected chi connectivity index (χ3v) is 5.12. The topological polar surface area (TPSA) is 88.4 Å². The number of amides is 1. The van der Waals surface area contributed by atoms with Gasteiger partial charge in [-0.1, -0.05) is 44.2 Å². The van der Waals surface area contributed by atoms with E-state index < -0.39 is 23.2 Å². The Kier molecular flexibility index (Phi) is 4.68. The van der Waals surface area contributed by atoms with Crippen molar-refractivity contribution < 1.29 is 14.7 Å². The molecular weight excluding hydrogens is 332 g/mol. The molecule has 1 aliphatic rings. The molecule has 0 radical (unpaired) electrons. The molecule has 0 aliphatic heterocycles. The molecule has 26 heavy (non-hydrogen) atoms. The van der Waals surface area contributed by atoms with Crippen LogP contribution < -0.4 is 10.9 Å². The van der Waals surface area contributed by atoms with Gasteiger partial charge in [0, 0.05) is 18.8 Å². The first-order valence-corrected chi connectivity index (χ1v) is 8.54. The highest BCUT2D eigenvalue weighted by Gasteiger charge is 2.65. The van der Waals surface area contributed by atoms with E-state index in [0.717, 1.165) is 11.1 Å². The van der Waals surface area contributed by atoms with E-state index in [4.69, 9.17) is 5.11 Å². The molecule has 2 atom stereocenters. The first kappa shape index (κ1) is 17.9. The largest absolute Gasteiger partial charge is 0.481 e. The lowest BCUT2D eigenvalue weighted by Crippen LogP contribution is -2.26. The zero-order valence-electron chi connectivity index (χ0n) is 14.8. The van der Waals surface area contributed by atoms with Crippen LogP contribution in [0.3, 0.4) is 0 Å².